The Labute approximate surface area is 75.1 Å². The van der Waals surface area contributed by atoms with Gasteiger partial charge in [0.05, 0.1) is 0 Å². The molecular weight excluding hydrogens is 174 g/mol. The van der Waals surface area contributed by atoms with Crippen LogP contribution in [0.2, 0.25) is 0 Å². The minimum absolute atomic E-state index is 0.285. The number of hydrogen-bond donors (Lipinski definition) is 2. The van der Waals surface area contributed by atoms with Crippen LogP contribution in [0, 0.1) is 17.8 Å². The fourth-order valence-corrected chi connectivity index (χ4v) is 0.928. The molecule has 0 aromatic rings. The van der Waals surface area contributed by atoms with Gasteiger partial charge in [0.15, 0.2) is 12.1 Å². The van der Waals surface area contributed by atoms with Gasteiger partial charge in [0, 0.05) is 6.92 Å². The van der Waals surface area contributed by atoms with Crippen LogP contribution in [-0.4, -0.2) is 29.8 Å². The summed E-state index contributed by atoms with van der Waals surface area (Å²) in [6.07, 6.45) is -0.663. The Balaban J connectivity index is 2.51. The van der Waals surface area contributed by atoms with Gasteiger partial charge in [-0.2, -0.15) is 0 Å². The number of β-lactam (4-membered cyclic amide) rings is 1. The molecule has 1 saturated heterocycles. The van der Waals surface area contributed by atoms with Crippen molar-refractivity contribution in [1.82, 2.24) is 5.32 Å². The topological polar surface area (TPSA) is 75.6 Å². The van der Waals surface area contributed by atoms with Crippen LogP contribution in [0.5, 0.6) is 0 Å². The van der Waals surface area contributed by atoms with Gasteiger partial charge in [0.25, 0.3) is 0 Å². The van der Waals surface area contributed by atoms with Gasteiger partial charge in [-0.05, 0) is 0 Å². The lowest BCUT2D eigenvalue weighted by molar-refractivity contribution is -0.163. The van der Waals surface area contributed by atoms with E-state index >= 15 is 0 Å². The molecule has 1 fully saturated rings. The second-order valence-corrected chi connectivity index (χ2v) is 2.50. The van der Waals surface area contributed by atoms with Crippen LogP contribution in [0.25, 0.3) is 0 Å². The van der Waals surface area contributed by atoms with E-state index in [1.807, 2.05) is 0 Å². The molecule has 1 heterocycles. The number of nitrogens with one attached hydrogen (secondary N) is 1. The summed E-state index contributed by atoms with van der Waals surface area (Å²) < 4.78 is 4.71. The van der Waals surface area contributed by atoms with Crippen LogP contribution in [0.1, 0.15) is 6.92 Å². The summed E-state index contributed by atoms with van der Waals surface area (Å²) in [6, 6.07) is 0. The highest BCUT2D eigenvalue weighted by Gasteiger charge is 2.40. The highest BCUT2D eigenvalue weighted by atomic mass is 16.6. The predicted molar refractivity (Wildman–Crippen MR) is 42.0 cm³/mol. The van der Waals surface area contributed by atoms with Gasteiger partial charge in [0.1, 0.15) is 6.61 Å². The van der Waals surface area contributed by atoms with Crippen LogP contribution >= 0.6 is 0 Å². The zero-order valence-electron chi connectivity index (χ0n) is 7.03. The predicted octanol–water partition coefficient (Wildman–Crippen LogP) is -1.38. The molecule has 0 aromatic heterocycles. The Hall–Kier alpha value is -1.54. The van der Waals surface area contributed by atoms with Gasteiger partial charge in [0.2, 0.25) is 5.91 Å². The van der Waals surface area contributed by atoms with E-state index in [-0.39, 0.29) is 12.5 Å². The molecule has 2 N–H and O–H groups in total. The van der Waals surface area contributed by atoms with E-state index in [1.54, 1.807) is 0 Å². The van der Waals surface area contributed by atoms with Gasteiger partial charge in [-0.3, -0.25) is 9.59 Å². The summed E-state index contributed by atoms with van der Waals surface area (Å²) >= 11 is 0. The maximum absolute atomic E-state index is 10.8. The second-order valence-electron chi connectivity index (χ2n) is 2.50. The normalized spacial score (nSPS) is 24.9. The molecule has 0 bridgehead atoms. The third kappa shape index (κ3) is 2.20. The summed E-state index contributed by atoms with van der Waals surface area (Å²) in [6.45, 7) is 0.942. The Morgan fingerprint density at radius 1 is 1.77 bits per heavy atom. The van der Waals surface area contributed by atoms with Crippen molar-refractivity contribution in [3.63, 3.8) is 0 Å². The molecule has 0 saturated carbocycles. The average Bonchev–Trinajstić information content (AvgIpc) is 2.03. The molecule has 1 aliphatic heterocycles. The van der Waals surface area contributed by atoms with Gasteiger partial charge in [-0.25, -0.2) is 0 Å². The number of hydrogen-bond acceptors (Lipinski definition) is 4. The van der Waals surface area contributed by atoms with Crippen LogP contribution in [0.3, 0.4) is 0 Å². The number of amides is 1. The van der Waals surface area contributed by atoms with E-state index in [1.165, 1.54) is 6.92 Å². The number of aliphatic hydroxyl groups excluding tert-OH is 1. The van der Waals surface area contributed by atoms with E-state index in [2.05, 4.69) is 17.2 Å². The van der Waals surface area contributed by atoms with Crippen LogP contribution < -0.4 is 5.32 Å². The molecule has 0 unspecified atom stereocenters. The Bertz CT molecular complexity index is 288. The molecule has 1 aliphatic rings. The maximum atomic E-state index is 10.8. The zero-order valence-corrected chi connectivity index (χ0v) is 7.03. The number of carbonyl (C=O) groups is 2. The minimum Gasteiger partial charge on any atom is -0.440 e. The van der Waals surface area contributed by atoms with E-state index in [4.69, 9.17) is 9.84 Å². The van der Waals surface area contributed by atoms with Crippen molar-refractivity contribution in [3.05, 3.63) is 0 Å². The molecule has 13 heavy (non-hydrogen) atoms. The van der Waals surface area contributed by atoms with Crippen molar-refractivity contribution in [2.75, 3.05) is 6.61 Å². The first-order valence-electron chi connectivity index (χ1n) is 3.72. The smallest absolute Gasteiger partial charge is 0.304 e. The molecular formula is C8H9NO4. The molecule has 0 radical (unpaired) electrons. The van der Waals surface area contributed by atoms with E-state index in [0.717, 1.165) is 0 Å². The highest BCUT2D eigenvalue weighted by Crippen LogP contribution is 2.14. The van der Waals surface area contributed by atoms with Gasteiger partial charge >= 0.3 is 5.97 Å². The molecule has 70 valence electrons. The Kier molecular flexibility index (Phi) is 2.88. The summed E-state index contributed by atoms with van der Waals surface area (Å²) in [4.78, 5) is 21.3. The van der Waals surface area contributed by atoms with Gasteiger partial charge < -0.3 is 15.2 Å². The molecule has 0 aromatic carbocycles. The fourth-order valence-electron chi connectivity index (χ4n) is 0.928. The molecule has 0 aliphatic carbocycles. The number of aliphatic hydroxyl groups is 1. The Morgan fingerprint density at radius 2 is 2.46 bits per heavy atom. The van der Waals surface area contributed by atoms with E-state index in [0.29, 0.717) is 0 Å². The molecule has 0 spiro atoms. The fraction of sp³-hybridized carbons (Fsp3) is 0.500. The Morgan fingerprint density at radius 3 is 2.92 bits per heavy atom. The molecule has 1 rings (SSSR count). The van der Waals surface area contributed by atoms with Crippen molar-refractivity contribution in [1.29, 1.82) is 0 Å². The molecule has 5 heteroatoms. The number of rotatable bonds is 1. The van der Waals surface area contributed by atoms with Crippen molar-refractivity contribution in [2.45, 2.75) is 13.2 Å². The number of carbonyl (C=O) groups excluding carboxylic acids is 2. The lowest BCUT2D eigenvalue weighted by atomic mass is 10.00. The standard InChI is InChI=1S/C8H9NO4/c1-5(11)13-8-6(3-2-4-10)7(12)9-8/h6,8,10H,4H2,1H3,(H,9,12)/t6-,8-/m1/s1. The first-order valence-corrected chi connectivity index (χ1v) is 3.72. The largest absolute Gasteiger partial charge is 0.440 e. The van der Waals surface area contributed by atoms with E-state index < -0.39 is 18.1 Å². The lowest BCUT2D eigenvalue weighted by Crippen LogP contribution is -2.59. The average molecular weight is 183 g/mol. The van der Waals surface area contributed by atoms with E-state index in [9.17, 15) is 9.59 Å². The van der Waals surface area contributed by atoms with Crippen LogP contribution in [0.15, 0.2) is 0 Å². The monoisotopic (exact) mass is 183 g/mol. The summed E-state index contributed by atoms with van der Waals surface area (Å²) in [7, 11) is 0. The highest BCUT2D eigenvalue weighted by molar-refractivity contribution is 5.88. The minimum atomic E-state index is -0.663. The second kappa shape index (κ2) is 3.92. The van der Waals surface area contributed by atoms with Crippen molar-refractivity contribution in [3.8, 4) is 11.8 Å². The van der Waals surface area contributed by atoms with Crippen LogP contribution in [-0.2, 0) is 14.3 Å². The summed E-state index contributed by atoms with van der Waals surface area (Å²) in [5.41, 5.74) is 0. The molecule has 2 atom stereocenters. The van der Waals surface area contributed by atoms with Gasteiger partial charge in [-0.1, -0.05) is 11.8 Å². The van der Waals surface area contributed by atoms with Gasteiger partial charge in [-0.15, -0.1) is 0 Å². The van der Waals surface area contributed by atoms with Crippen molar-refractivity contribution < 1.29 is 19.4 Å². The SMILES string of the molecule is CC(=O)O[C@H]1NC(=O)[C@H]1C#CCO. The van der Waals surface area contributed by atoms with Crippen molar-refractivity contribution in [2.24, 2.45) is 5.92 Å². The third-order valence-electron chi connectivity index (χ3n) is 1.50. The maximum Gasteiger partial charge on any atom is 0.304 e. The summed E-state index contributed by atoms with van der Waals surface area (Å²) in [5.74, 6) is 3.42. The van der Waals surface area contributed by atoms with Crippen LogP contribution in [0.4, 0.5) is 0 Å². The molecule has 5 nitrogen and oxygen atoms in total. The number of esters is 1. The first-order chi connectivity index (χ1) is 6.15. The first kappa shape index (κ1) is 9.55. The third-order valence-corrected chi connectivity index (χ3v) is 1.50. The lowest BCUT2D eigenvalue weighted by Gasteiger charge is -2.31. The van der Waals surface area contributed by atoms with Crippen molar-refractivity contribution >= 4 is 11.9 Å². The zero-order chi connectivity index (χ0) is 9.84. The summed E-state index contributed by atoms with van der Waals surface area (Å²) in [5, 5.41) is 10.7. The quantitative estimate of drug-likeness (QED) is 0.298. The molecule has 1 amide bonds. The number of ether oxygens (including phenoxy) is 1.